The van der Waals surface area contributed by atoms with Crippen molar-refractivity contribution in [1.29, 1.82) is 0 Å². The molecule has 116 valence electrons. The molecule has 0 radical (unpaired) electrons. The van der Waals surface area contributed by atoms with Gasteiger partial charge in [0.15, 0.2) is 0 Å². The molecule has 6 heteroatoms. The van der Waals surface area contributed by atoms with Crippen LogP contribution in [-0.2, 0) is 32.1 Å². The second kappa shape index (κ2) is 7.74. The van der Waals surface area contributed by atoms with Gasteiger partial charge in [-0.2, -0.15) is 0 Å². The predicted octanol–water partition coefficient (Wildman–Crippen LogP) is 2.78. The van der Waals surface area contributed by atoms with Crippen molar-refractivity contribution in [3.05, 3.63) is 32.9 Å². The summed E-state index contributed by atoms with van der Waals surface area (Å²) in [5.74, 6) is -1.29. The summed E-state index contributed by atoms with van der Waals surface area (Å²) in [6.07, 6.45) is -0.0318. The van der Waals surface area contributed by atoms with Gasteiger partial charge in [-0.1, -0.05) is 6.07 Å². The quantitative estimate of drug-likeness (QED) is 0.581. The van der Waals surface area contributed by atoms with Crippen LogP contribution < -0.4 is 0 Å². The van der Waals surface area contributed by atoms with Crippen LogP contribution in [-0.4, -0.2) is 29.3 Å². The van der Waals surface area contributed by atoms with Crippen LogP contribution in [0.2, 0.25) is 0 Å². The summed E-state index contributed by atoms with van der Waals surface area (Å²) < 4.78 is 11.4. The number of carbonyl (C=O) groups is 2. The van der Waals surface area contributed by atoms with Gasteiger partial charge in [0.25, 0.3) is 0 Å². The highest BCUT2D eigenvalue weighted by atomic mass is 127. The van der Waals surface area contributed by atoms with Crippen LogP contribution in [0.25, 0.3) is 0 Å². The summed E-state index contributed by atoms with van der Waals surface area (Å²) >= 11 is 2.12. The predicted molar refractivity (Wildman–Crippen MR) is 86.0 cm³/mol. The maximum atomic E-state index is 11.5. The molecular formula is C15H19IO5. The van der Waals surface area contributed by atoms with E-state index in [2.05, 4.69) is 22.6 Å². The Bertz CT molecular complexity index is 519. The lowest BCUT2D eigenvalue weighted by Gasteiger charge is -2.19. The molecule has 0 aliphatic rings. The highest BCUT2D eigenvalue weighted by Crippen LogP contribution is 2.14. The molecule has 0 aromatic heterocycles. The molecule has 5 nitrogen and oxygen atoms in total. The normalized spacial score (nSPS) is 11.2. The van der Waals surface area contributed by atoms with E-state index in [0.717, 1.165) is 9.13 Å². The van der Waals surface area contributed by atoms with Crippen molar-refractivity contribution in [2.75, 3.05) is 6.61 Å². The van der Waals surface area contributed by atoms with E-state index in [1.54, 1.807) is 26.8 Å². The maximum Gasteiger partial charge on any atom is 0.332 e. The number of rotatable bonds is 6. The van der Waals surface area contributed by atoms with Crippen molar-refractivity contribution >= 4 is 34.5 Å². The Morgan fingerprint density at radius 1 is 1.19 bits per heavy atom. The second-order valence-corrected chi connectivity index (χ2v) is 6.86. The lowest BCUT2D eigenvalue weighted by atomic mass is 10.1. The van der Waals surface area contributed by atoms with Gasteiger partial charge in [-0.25, -0.2) is 4.79 Å². The molecule has 0 saturated heterocycles. The third-order valence-corrected chi connectivity index (χ3v) is 2.90. The van der Waals surface area contributed by atoms with E-state index in [1.165, 1.54) is 0 Å². The van der Waals surface area contributed by atoms with Crippen molar-refractivity contribution in [3.8, 4) is 0 Å². The van der Waals surface area contributed by atoms with E-state index in [1.807, 2.05) is 12.1 Å². The molecule has 0 unspecified atom stereocenters. The van der Waals surface area contributed by atoms with E-state index in [4.69, 9.17) is 14.6 Å². The van der Waals surface area contributed by atoms with Gasteiger partial charge in [-0.3, -0.25) is 4.79 Å². The average Bonchev–Trinajstić information content (AvgIpc) is 2.24. The van der Waals surface area contributed by atoms with E-state index < -0.39 is 17.5 Å². The van der Waals surface area contributed by atoms with Gasteiger partial charge < -0.3 is 14.6 Å². The zero-order valence-electron chi connectivity index (χ0n) is 12.3. The number of halogens is 1. The van der Waals surface area contributed by atoms with E-state index in [9.17, 15) is 9.59 Å². The van der Waals surface area contributed by atoms with Gasteiger partial charge in [0.2, 0.25) is 0 Å². The maximum absolute atomic E-state index is 11.5. The summed E-state index contributed by atoms with van der Waals surface area (Å²) in [5.41, 5.74) is 1.02. The first-order chi connectivity index (χ1) is 9.65. The third-order valence-electron chi connectivity index (χ3n) is 2.28. The smallest absolute Gasteiger partial charge is 0.332 e. The fraction of sp³-hybridized carbons (Fsp3) is 0.467. The monoisotopic (exact) mass is 406 g/mol. The summed E-state index contributed by atoms with van der Waals surface area (Å²) in [7, 11) is 0. The van der Waals surface area contributed by atoms with Crippen LogP contribution in [0.15, 0.2) is 18.2 Å². The molecule has 1 aromatic carbocycles. The molecule has 0 aliphatic carbocycles. The minimum absolute atomic E-state index is 0.0318. The van der Waals surface area contributed by atoms with Crippen molar-refractivity contribution in [2.24, 2.45) is 0 Å². The first-order valence-electron chi connectivity index (χ1n) is 6.45. The Hall–Kier alpha value is -1.15. The molecule has 21 heavy (non-hydrogen) atoms. The minimum atomic E-state index is -0.877. The van der Waals surface area contributed by atoms with Crippen LogP contribution in [0.4, 0.5) is 0 Å². The second-order valence-electron chi connectivity index (χ2n) is 5.62. The van der Waals surface area contributed by atoms with Crippen LogP contribution in [0.3, 0.4) is 0 Å². The molecule has 0 amide bonds. The molecule has 1 aromatic rings. The topological polar surface area (TPSA) is 72.8 Å². The van der Waals surface area contributed by atoms with E-state index >= 15 is 0 Å². The number of aliphatic carboxylic acids is 1. The summed E-state index contributed by atoms with van der Waals surface area (Å²) in [5, 5.41) is 8.81. The van der Waals surface area contributed by atoms with Crippen LogP contribution >= 0.6 is 22.6 Å². The highest BCUT2D eigenvalue weighted by molar-refractivity contribution is 14.1. The summed E-state index contributed by atoms with van der Waals surface area (Å²) in [6.45, 7) is 5.49. The third kappa shape index (κ3) is 8.01. The van der Waals surface area contributed by atoms with Gasteiger partial charge in [-0.15, -0.1) is 0 Å². The van der Waals surface area contributed by atoms with Gasteiger partial charge in [0.05, 0.1) is 13.0 Å². The largest absolute Gasteiger partial charge is 0.481 e. The number of esters is 1. The van der Waals surface area contributed by atoms with Gasteiger partial charge in [-0.05, 0) is 66.6 Å². The van der Waals surface area contributed by atoms with Gasteiger partial charge >= 0.3 is 11.9 Å². The Morgan fingerprint density at radius 3 is 2.38 bits per heavy atom. The number of ether oxygens (including phenoxy) is 2. The first-order valence-corrected chi connectivity index (χ1v) is 7.53. The molecule has 1 N–H and O–H groups in total. The number of hydrogen-bond acceptors (Lipinski definition) is 4. The van der Waals surface area contributed by atoms with E-state index in [0.29, 0.717) is 5.56 Å². The molecular weight excluding hydrogens is 387 g/mol. The van der Waals surface area contributed by atoms with Crippen molar-refractivity contribution in [3.63, 3.8) is 0 Å². The zero-order valence-corrected chi connectivity index (χ0v) is 14.5. The number of carboxylic acid groups (broad SMARTS) is 1. The fourth-order valence-electron chi connectivity index (χ4n) is 1.70. The lowest BCUT2D eigenvalue weighted by Crippen LogP contribution is -2.26. The molecule has 0 atom stereocenters. The molecule has 0 aliphatic heterocycles. The number of benzene rings is 1. The summed E-state index contributed by atoms with van der Waals surface area (Å²) in [6, 6.07) is 5.47. The van der Waals surface area contributed by atoms with E-state index in [-0.39, 0.29) is 19.6 Å². The van der Waals surface area contributed by atoms with Crippen molar-refractivity contribution < 1.29 is 24.2 Å². The van der Waals surface area contributed by atoms with Crippen molar-refractivity contribution in [2.45, 2.75) is 39.4 Å². The Labute approximate surface area is 137 Å². The standard InChI is InChI=1S/C15H19IO5/c1-15(2,3)21-14(19)9-20-8-11-4-10(7-13(17)18)5-12(16)6-11/h4-6H,7-9H2,1-3H3,(H,17,18). The van der Waals surface area contributed by atoms with Gasteiger partial charge in [0, 0.05) is 3.57 Å². The number of hydrogen-bond donors (Lipinski definition) is 1. The van der Waals surface area contributed by atoms with Crippen LogP contribution in [0, 0.1) is 3.57 Å². The lowest BCUT2D eigenvalue weighted by molar-refractivity contribution is -0.160. The Kier molecular flexibility index (Phi) is 6.60. The molecule has 0 fully saturated rings. The van der Waals surface area contributed by atoms with Crippen LogP contribution in [0.5, 0.6) is 0 Å². The van der Waals surface area contributed by atoms with Crippen molar-refractivity contribution in [1.82, 2.24) is 0 Å². The zero-order chi connectivity index (χ0) is 16.0. The van der Waals surface area contributed by atoms with Gasteiger partial charge in [0.1, 0.15) is 12.2 Å². The molecule has 0 heterocycles. The average molecular weight is 406 g/mol. The molecule has 1 rings (SSSR count). The molecule has 0 bridgehead atoms. The molecule has 0 spiro atoms. The fourth-order valence-corrected chi connectivity index (χ4v) is 2.50. The Balaban J connectivity index is 2.54. The molecule has 0 saturated carbocycles. The first kappa shape index (κ1) is 17.9. The number of carbonyl (C=O) groups excluding carboxylic acids is 1. The highest BCUT2D eigenvalue weighted by Gasteiger charge is 2.16. The summed E-state index contributed by atoms with van der Waals surface area (Å²) in [4.78, 5) is 22.2. The number of carboxylic acids is 1. The Morgan fingerprint density at radius 2 is 1.81 bits per heavy atom. The van der Waals surface area contributed by atoms with Crippen LogP contribution in [0.1, 0.15) is 31.9 Å². The minimum Gasteiger partial charge on any atom is -0.481 e. The SMILES string of the molecule is CC(C)(C)OC(=O)COCc1cc(I)cc(CC(=O)O)c1.